The first kappa shape index (κ1) is 15.5. The lowest BCUT2D eigenvalue weighted by atomic mass is 9.94. The predicted molar refractivity (Wildman–Crippen MR) is 80.4 cm³/mol. The Balaban J connectivity index is 2.90. The van der Waals surface area contributed by atoms with Crippen LogP contribution in [0.1, 0.15) is 42.6 Å². The van der Waals surface area contributed by atoms with Crippen molar-refractivity contribution in [2.24, 2.45) is 0 Å². The first-order valence-electron chi connectivity index (χ1n) is 6.12. The standard InChI is InChI=1S/C14H19BrClNO/c1-4-14(5-2,9-16)17-13(18)11-7-6-10(3)12(15)8-11/h6-8H,4-5,9H2,1-3H3,(H,17,18). The van der Waals surface area contributed by atoms with Gasteiger partial charge in [0.1, 0.15) is 0 Å². The molecule has 0 unspecified atom stereocenters. The Labute approximate surface area is 122 Å². The van der Waals surface area contributed by atoms with E-state index in [4.69, 9.17) is 11.6 Å². The highest BCUT2D eigenvalue weighted by atomic mass is 79.9. The van der Waals surface area contributed by atoms with Crippen molar-refractivity contribution in [3.8, 4) is 0 Å². The predicted octanol–water partition coefficient (Wildman–Crippen LogP) is 4.28. The molecule has 0 radical (unpaired) electrons. The zero-order valence-electron chi connectivity index (χ0n) is 11.0. The molecule has 0 aliphatic carbocycles. The van der Waals surface area contributed by atoms with Crippen molar-refractivity contribution < 1.29 is 4.79 Å². The van der Waals surface area contributed by atoms with Gasteiger partial charge in [-0.15, -0.1) is 11.6 Å². The molecule has 0 bridgehead atoms. The van der Waals surface area contributed by atoms with E-state index in [0.29, 0.717) is 11.4 Å². The first-order valence-corrected chi connectivity index (χ1v) is 7.45. The van der Waals surface area contributed by atoms with Gasteiger partial charge in [0.05, 0.1) is 5.54 Å². The second-order valence-electron chi connectivity index (χ2n) is 4.54. The molecule has 4 heteroatoms. The van der Waals surface area contributed by atoms with E-state index in [1.54, 1.807) is 0 Å². The molecular weight excluding hydrogens is 314 g/mol. The number of carbonyl (C=O) groups is 1. The maximum atomic E-state index is 12.2. The molecule has 0 saturated heterocycles. The zero-order chi connectivity index (χ0) is 13.8. The zero-order valence-corrected chi connectivity index (χ0v) is 13.4. The second kappa shape index (κ2) is 6.58. The maximum Gasteiger partial charge on any atom is 0.251 e. The molecule has 1 aromatic carbocycles. The number of nitrogens with one attached hydrogen (secondary N) is 1. The van der Waals surface area contributed by atoms with E-state index in [0.717, 1.165) is 22.9 Å². The summed E-state index contributed by atoms with van der Waals surface area (Å²) in [4.78, 5) is 12.2. The number of rotatable bonds is 5. The van der Waals surface area contributed by atoms with E-state index < -0.39 is 0 Å². The largest absolute Gasteiger partial charge is 0.345 e. The summed E-state index contributed by atoms with van der Waals surface area (Å²) in [5, 5.41) is 3.05. The topological polar surface area (TPSA) is 29.1 Å². The van der Waals surface area contributed by atoms with Gasteiger partial charge in [-0.1, -0.05) is 35.8 Å². The Hall–Kier alpha value is -0.540. The van der Waals surface area contributed by atoms with Crippen LogP contribution in [-0.2, 0) is 0 Å². The molecule has 2 nitrogen and oxygen atoms in total. The molecule has 1 amide bonds. The van der Waals surface area contributed by atoms with Crippen molar-refractivity contribution in [2.75, 3.05) is 5.88 Å². The van der Waals surface area contributed by atoms with E-state index in [-0.39, 0.29) is 11.4 Å². The highest BCUT2D eigenvalue weighted by molar-refractivity contribution is 9.10. The second-order valence-corrected chi connectivity index (χ2v) is 5.66. The van der Waals surface area contributed by atoms with Crippen LogP contribution in [0.3, 0.4) is 0 Å². The molecule has 18 heavy (non-hydrogen) atoms. The average molecular weight is 333 g/mol. The van der Waals surface area contributed by atoms with Crippen molar-refractivity contribution in [1.29, 1.82) is 0 Å². The van der Waals surface area contributed by atoms with Gasteiger partial charge in [0.25, 0.3) is 5.91 Å². The Morgan fingerprint density at radius 2 is 2.00 bits per heavy atom. The van der Waals surface area contributed by atoms with Crippen LogP contribution in [0.2, 0.25) is 0 Å². The van der Waals surface area contributed by atoms with Gasteiger partial charge in [0, 0.05) is 15.9 Å². The third kappa shape index (κ3) is 3.48. The Bertz CT molecular complexity index is 422. The van der Waals surface area contributed by atoms with Crippen LogP contribution in [0.25, 0.3) is 0 Å². The van der Waals surface area contributed by atoms with E-state index >= 15 is 0 Å². The summed E-state index contributed by atoms with van der Waals surface area (Å²) in [6.45, 7) is 6.07. The molecule has 1 N–H and O–H groups in total. The lowest BCUT2D eigenvalue weighted by Gasteiger charge is -2.30. The highest BCUT2D eigenvalue weighted by Gasteiger charge is 2.27. The van der Waals surface area contributed by atoms with E-state index in [9.17, 15) is 4.79 Å². The first-order chi connectivity index (χ1) is 8.48. The molecule has 0 fully saturated rings. The minimum Gasteiger partial charge on any atom is -0.345 e. The number of alkyl halides is 1. The Kier molecular flexibility index (Phi) is 5.67. The fourth-order valence-electron chi connectivity index (χ4n) is 1.70. The van der Waals surface area contributed by atoms with Crippen molar-refractivity contribution in [3.05, 3.63) is 33.8 Å². The molecule has 0 atom stereocenters. The van der Waals surface area contributed by atoms with Crippen molar-refractivity contribution in [2.45, 2.75) is 39.2 Å². The fraction of sp³-hybridized carbons (Fsp3) is 0.500. The van der Waals surface area contributed by atoms with Gasteiger partial charge in [-0.05, 0) is 37.5 Å². The number of aryl methyl sites for hydroxylation is 1. The molecular formula is C14H19BrClNO. The number of hydrogen-bond acceptors (Lipinski definition) is 1. The van der Waals surface area contributed by atoms with Gasteiger partial charge in [0.15, 0.2) is 0 Å². The van der Waals surface area contributed by atoms with Crippen LogP contribution in [0.4, 0.5) is 0 Å². The lowest BCUT2D eigenvalue weighted by Crippen LogP contribution is -2.49. The van der Waals surface area contributed by atoms with Gasteiger partial charge < -0.3 is 5.32 Å². The van der Waals surface area contributed by atoms with Gasteiger partial charge in [-0.2, -0.15) is 0 Å². The van der Waals surface area contributed by atoms with E-state index in [1.807, 2.05) is 39.0 Å². The van der Waals surface area contributed by atoms with Crippen molar-refractivity contribution >= 4 is 33.4 Å². The summed E-state index contributed by atoms with van der Waals surface area (Å²) >= 11 is 9.43. The molecule has 0 spiro atoms. The van der Waals surface area contributed by atoms with Crippen LogP contribution < -0.4 is 5.32 Å². The monoisotopic (exact) mass is 331 g/mol. The van der Waals surface area contributed by atoms with Crippen LogP contribution in [0.15, 0.2) is 22.7 Å². The van der Waals surface area contributed by atoms with Gasteiger partial charge >= 0.3 is 0 Å². The molecule has 100 valence electrons. The number of amides is 1. The lowest BCUT2D eigenvalue weighted by molar-refractivity contribution is 0.0902. The Morgan fingerprint density at radius 1 is 1.39 bits per heavy atom. The third-order valence-electron chi connectivity index (χ3n) is 3.42. The third-order valence-corrected chi connectivity index (χ3v) is 4.79. The highest BCUT2D eigenvalue weighted by Crippen LogP contribution is 2.20. The maximum absolute atomic E-state index is 12.2. The average Bonchev–Trinajstić information content (AvgIpc) is 2.39. The molecule has 0 aliphatic heterocycles. The van der Waals surface area contributed by atoms with Crippen LogP contribution in [0.5, 0.6) is 0 Å². The van der Waals surface area contributed by atoms with Crippen molar-refractivity contribution in [3.63, 3.8) is 0 Å². The Morgan fingerprint density at radius 3 is 2.44 bits per heavy atom. The normalized spacial score (nSPS) is 11.4. The molecule has 0 aromatic heterocycles. The number of carbonyl (C=O) groups excluding carboxylic acids is 1. The summed E-state index contributed by atoms with van der Waals surface area (Å²) < 4.78 is 0.944. The van der Waals surface area contributed by atoms with E-state index in [1.165, 1.54) is 0 Å². The van der Waals surface area contributed by atoms with Gasteiger partial charge in [-0.3, -0.25) is 4.79 Å². The fourth-order valence-corrected chi connectivity index (χ4v) is 2.52. The summed E-state index contributed by atoms with van der Waals surface area (Å²) in [5.41, 5.74) is 1.46. The minimum absolute atomic E-state index is 0.0694. The van der Waals surface area contributed by atoms with Crippen LogP contribution >= 0.6 is 27.5 Å². The quantitative estimate of drug-likeness (QED) is 0.801. The molecule has 0 saturated carbocycles. The number of halogens is 2. The smallest absolute Gasteiger partial charge is 0.251 e. The summed E-state index contributed by atoms with van der Waals surface area (Å²) in [5.74, 6) is 0.360. The summed E-state index contributed by atoms with van der Waals surface area (Å²) in [6.07, 6.45) is 1.65. The van der Waals surface area contributed by atoms with Crippen molar-refractivity contribution in [1.82, 2.24) is 5.32 Å². The molecule has 1 rings (SSSR count). The molecule has 1 aromatic rings. The molecule has 0 heterocycles. The van der Waals surface area contributed by atoms with Gasteiger partial charge in [-0.25, -0.2) is 0 Å². The SMILES string of the molecule is CCC(CC)(CCl)NC(=O)c1ccc(C)c(Br)c1. The van der Waals surface area contributed by atoms with Crippen LogP contribution in [0, 0.1) is 6.92 Å². The minimum atomic E-state index is -0.310. The van der Waals surface area contributed by atoms with Gasteiger partial charge in [0.2, 0.25) is 0 Å². The number of benzene rings is 1. The van der Waals surface area contributed by atoms with Crippen LogP contribution in [-0.4, -0.2) is 17.3 Å². The molecule has 0 aliphatic rings. The number of hydrogen-bond donors (Lipinski definition) is 1. The summed E-state index contributed by atoms with van der Waals surface area (Å²) in [6, 6.07) is 5.61. The van der Waals surface area contributed by atoms with E-state index in [2.05, 4.69) is 21.2 Å². The summed E-state index contributed by atoms with van der Waals surface area (Å²) in [7, 11) is 0.